The van der Waals surface area contributed by atoms with Crippen molar-refractivity contribution in [1.29, 1.82) is 0 Å². The van der Waals surface area contributed by atoms with E-state index in [0.29, 0.717) is 25.5 Å². The van der Waals surface area contributed by atoms with Crippen LogP contribution in [0.5, 0.6) is 0 Å². The molecule has 0 radical (unpaired) electrons. The maximum absolute atomic E-state index is 13.3. The van der Waals surface area contributed by atoms with Gasteiger partial charge in [0.25, 0.3) is 5.91 Å². The number of rotatable bonds is 6. The highest BCUT2D eigenvalue weighted by atomic mass is 32.1. The molecule has 4 rings (SSSR count). The van der Waals surface area contributed by atoms with E-state index >= 15 is 0 Å². The normalized spacial score (nSPS) is 15.0. The summed E-state index contributed by atoms with van der Waals surface area (Å²) in [6.07, 6.45) is 2.65. The van der Waals surface area contributed by atoms with E-state index in [0.717, 1.165) is 30.5 Å². The number of hydrogen-bond acceptors (Lipinski definition) is 4. The zero-order valence-corrected chi connectivity index (χ0v) is 16.0. The van der Waals surface area contributed by atoms with Crippen LogP contribution in [0.4, 0.5) is 0 Å². The summed E-state index contributed by atoms with van der Waals surface area (Å²) >= 11 is 1.74. The quantitative estimate of drug-likeness (QED) is 0.702. The lowest BCUT2D eigenvalue weighted by Crippen LogP contribution is -2.44. The number of thiophene rings is 1. The van der Waals surface area contributed by atoms with Crippen molar-refractivity contribution in [2.45, 2.75) is 25.3 Å². The number of hydrogen-bond donors (Lipinski definition) is 1. The average Bonchev–Trinajstić information content (AvgIpc) is 3.42. The van der Waals surface area contributed by atoms with Crippen molar-refractivity contribution in [3.63, 3.8) is 0 Å². The van der Waals surface area contributed by atoms with E-state index in [1.54, 1.807) is 11.3 Å². The van der Waals surface area contributed by atoms with Crippen LogP contribution in [0.25, 0.3) is 11.3 Å². The van der Waals surface area contributed by atoms with Crippen LogP contribution in [-0.4, -0.2) is 46.8 Å². The second-order valence-corrected chi connectivity index (χ2v) is 7.74. The van der Waals surface area contributed by atoms with Crippen LogP contribution in [0, 0.1) is 0 Å². The molecule has 0 atom stereocenters. The zero-order valence-electron chi connectivity index (χ0n) is 15.1. The number of H-pyrrole nitrogens is 1. The van der Waals surface area contributed by atoms with Gasteiger partial charge >= 0.3 is 0 Å². The Hall–Kier alpha value is -2.44. The van der Waals surface area contributed by atoms with Crippen LogP contribution in [0.3, 0.4) is 0 Å². The Morgan fingerprint density at radius 2 is 2.00 bits per heavy atom. The Bertz CT molecular complexity index is 855. The predicted molar refractivity (Wildman–Crippen MR) is 107 cm³/mol. The van der Waals surface area contributed by atoms with E-state index in [4.69, 9.17) is 4.74 Å². The van der Waals surface area contributed by atoms with Crippen molar-refractivity contribution in [3.05, 3.63) is 64.5 Å². The fraction of sp³-hybridized carbons (Fsp3) is 0.333. The molecule has 1 aliphatic rings. The topological polar surface area (TPSA) is 58.2 Å². The zero-order chi connectivity index (χ0) is 18.5. The van der Waals surface area contributed by atoms with Gasteiger partial charge in [-0.3, -0.25) is 9.89 Å². The summed E-state index contributed by atoms with van der Waals surface area (Å²) in [7, 11) is 0. The Labute approximate surface area is 163 Å². The van der Waals surface area contributed by atoms with E-state index in [1.165, 1.54) is 4.88 Å². The molecule has 27 heavy (non-hydrogen) atoms. The van der Waals surface area contributed by atoms with Gasteiger partial charge in [-0.25, -0.2) is 0 Å². The molecule has 1 saturated heterocycles. The lowest BCUT2D eigenvalue weighted by molar-refractivity contribution is 0.0290. The summed E-state index contributed by atoms with van der Waals surface area (Å²) in [4.78, 5) is 16.6. The van der Waals surface area contributed by atoms with E-state index in [-0.39, 0.29) is 11.9 Å². The molecule has 1 amide bonds. The highest BCUT2D eigenvalue weighted by Crippen LogP contribution is 2.22. The van der Waals surface area contributed by atoms with Gasteiger partial charge in [0.2, 0.25) is 0 Å². The highest BCUT2D eigenvalue weighted by molar-refractivity contribution is 7.09. The third kappa shape index (κ3) is 4.28. The minimum Gasteiger partial charge on any atom is -0.381 e. The number of carbonyl (C=O) groups excluding carboxylic acids is 1. The summed E-state index contributed by atoms with van der Waals surface area (Å²) in [6, 6.07) is 16.2. The lowest BCUT2D eigenvalue weighted by atomic mass is 10.1. The van der Waals surface area contributed by atoms with Gasteiger partial charge in [0.15, 0.2) is 0 Å². The van der Waals surface area contributed by atoms with E-state index in [1.807, 2.05) is 41.3 Å². The minimum absolute atomic E-state index is 0.0214. The molecule has 0 spiro atoms. The average molecular weight is 382 g/mol. The smallest absolute Gasteiger partial charge is 0.272 e. The maximum atomic E-state index is 13.3. The van der Waals surface area contributed by atoms with Gasteiger partial charge in [-0.05, 0) is 36.8 Å². The number of aromatic amines is 1. The van der Waals surface area contributed by atoms with Gasteiger partial charge < -0.3 is 9.64 Å². The van der Waals surface area contributed by atoms with Crippen LogP contribution < -0.4 is 0 Å². The van der Waals surface area contributed by atoms with Gasteiger partial charge in [-0.15, -0.1) is 11.3 Å². The highest BCUT2D eigenvalue weighted by Gasteiger charge is 2.27. The van der Waals surface area contributed by atoms with Crippen LogP contribution in [0.15, 0.2) is 53.9 Å². The molecular weight excluding hydrogens is 358 g/mol. The van der Waals surface area contributed by atoms with Crippen molar-refractivity contribution in [2.75, 3.05) is 19.8 Å². The molecule has 5 nitrogen and oxygen atoms in total. The number of aromatic nitrogens is 2. The molecule has 140 valence electrons. The fourth-order valence-electron chi connectivity index (χ4n) is 3.48. The van der Waals surface area contributed by atoms with Gasteiger partial charge in [-0.1, -0.05) is 36.4 Å². The minimum atomic E-state index is 0.0214. The predicted octanol–water partition coefficient (Wildman–Crippen LogP) is 4.00. The monoisotopic (exact) mass is 381 g/mol. The van der Waals surface area contributed by atoms with E-state index < -0.39 is 0 Å². The van der Waals surface area contributed by atoms with Crippen LogP contribution >= 0.6 is 11.3 Å². The SMILES string of the molecule is O=C(c1cc(-c2ccccc2)n[nH]1)N(CCc1cccs1)C1CCOCC1. The Kier molecular flexibility index (Phi) is 5.65. The summed E-state index contributed by atoms with van der Waals surface area (Å²) in [5, 5.41) is 9.38. The Morgan fingerprint density at radius 1 is 1.19 bits per heavy atom. The molecule has 0 unspecified atom stereocenters. The first-order valence-corrected chi connectivity index (χ1v) is 10.2. The molecule has 1 fully saturated rings. The van der Waals surface area contributed by atoms with Crippen molar-refractivity contribution in [2.24, 2.45) is 0 Å². The number of benzene rings is 1. The van der Waals surface area contributed by atoms with Crippen molar-refractivity contribution in [1.82, 2.24) is 15.1 Å². The molecule has 6 heteroatoms. The molecule has 2 aromatic heterocycles. The number of nitrogens with one attached hydrogen (secondary N) is 1. The first-order valence-electron chi connectivity index (χ1n) is 9.33. The molecule has 1 aromatic carbocycles. The van der Waals surface area contributed by atoms with E-state index in [9.17, 15) is 4.79 Å². The molecule has 0 bridgehead atoms. The third-order valence-electron chi connectivity index (χ3n) is 4.95. The summed E-state index contributed by atoms with van der Waals surface area (Å²) < 4.78 is 5.49. The third-order valence-corrected chi connectivity index (χ3v) is 5.89. The van der Waals surface area contributed by atoms with Crippen molar-refractivity contribution in [3.8, 4) is 11.3 Å². The molecule has 0 aliphatic carbocycles. The molecular formula is C21H23N3O2S. The van der Waals surface area contributed by atoms with Crippen LogP contribution in [0.1, 0.15) is 28.2 Å². The van der Waals surface area contributed by atoms with Crippen molar-refractivity contribution < 1.29 is 9.53 Å². The Balaban J connectivity index is 1.53. The molecule has 1 aliphatic heterocycles. The number of nitrogens with zero attached hydrogens (tertiary/aromatic N) is 2. The second-order valence-electron chi connectivity index (χ2n) is 6.70. The molecule has 1 N–H and O–H groups in total. The van der Waals surface area contributed by atoms with Gasteiger partial charge in [0.1, 0.15) is 5.69 Å². The molecule has 3 heterocycles. The largest absolute Gasteiger partial charge is 0.381 e. The summed E-state index contributed by atoms with van der Waals surface area (Å²) in [5.74, 6) is 0.0214. The molecule has 0 saturated carbocycles. The van der Waals surface area contributed by atoms with Gasteiger partial charge in [0, 0.05) is 36.2 Å². The number of ether oxygens (including phenoxy) is 1. The van der Waals surface area contributed by atoms with Gasteiger partial charge in [-0.2, -0.15) is 5.10 Å². The summed E-state index contributed by atoms with van der Waals surface area (Å²) in [6.45, 7) is 2.14. The van der Waals surface area contributed by atoms with Crippen molar-refractivity contribution >= 4 is 17.2 Å². The molecule has 3 aromatic rings. The van der Waals surface area contributed by atoms with Gasteiger partial charge in [0.05, 0.1) is 5.69 Å². The second kappa shape index (κ2) is 8.50. The maximum Gasteiger partial charge on any atom is 0.272 e. The fourth-order valence-corrected chi connectivity index (χ4v) is 4.17. The van der Waals surface area contributed by atoms with Crippen LogP contribution in [0.2, 0.25) is 0 Å². The lowest BCUT2D eigenvalue weighted by Gasteiger charge is -2.34. The first kappa shape index (κ1) is 17.9. The summed E-state index contributed by atoms with van der Waals surface area (Å²) in [5.41, 5.74) is 2.35. The number of carbonyl (C=O) groups is 1. The number of amides is 1. The van der Waals surface area contributed by atoms with Crippen LogP contribution in [-0.2, 0) is 11.2 Å². The standard InChI is InChI=1S/C21H23N3O2S/c25-21(20-15-19(22-23-20)16-5-2-1-3-6-16)24(17-9-12-26-13-10-17)11-8-18-7-4-14-27-18/h1-7,14-15,17H,8-13H2,(H,22,23). The first-order chi connectivity index (χ1) is 13.3. The van der Waals surface area contributed by atoms with E-state index in [2.05, 4.69) is 27.7 Å². The Morgan fingerprint density at radius 3 is 2.74 bits per heavy atom.